The van der Waals surface area contributed by atoms with Gasteiger partial charge in [-0.15, -0.1) is 0 Å². The van der Waals surface area contributed by atoms with Crippen molar-refractivity contribution in [3.8, 4) is 0 Å². The van der Waals surface area contributed by atoms with Crippen molar-refractivity contribution in [2.75, 3.05) is 13.1 Å². The highest BCUT2D eigenvalue weighted by Gasteiger charge is 2.50. The summed E-state index contributed by atoms with van der Waals surface area (Å²) in [5.74, 6) is -0.113. The zero-order valence-electron chi connectivity index (χ0n) is 23.2. The van der Waals surface area contributed by atoms with Crippen molar-refractivity contribution in [3.05, 3.63) is 69.7 Å². The first-order valence-corrected chi connectivity index (χ1v) is 13.8. The molecule has 0 bridgehead atoms. The fourth-order valence-corrected chi connectivity index (χ4v) is 4.31. The van der Waals surface area contributed by atoms with Gasteiger partial charge in [-0.25, -0.2) is 4.79 Å². The van der Waals surface area contributed by atoms with Gasteiger partial charge in [-0.3, -0.25) is 14.5 Å². The van der Waals surface area contributed by atoms with E-state index in [-0.39, 0.29) is 17.4 Å². The van der Waals surface area contributed by atoms with Crippen LogP contribution >= 0.6 is 23.2 Å². The van der Waals surface area contributed by atoms with Crippen molar-refractivity contribution >= 4 is 41.1 Å². The molecule has 39 heavy (non-hydrogen) atoms. The van der Waals surface area contributed by atoms with Crippen LogP contribution < -0.4 is 16.0 Å². The van der Waals surface area contributed by atoms with E-state index in [1.54, 1.807) is 19.1 Å². The number of nitrogens with one attached hydrogen (secondary N) is 3. The van der Waals surface area contributed by atoms with Crippen LogP contribution in [0.3, 0.4) is 0 Å². The number of benzene rings is 2. The molecule has 8 nitrogen and oxygen atoms in total. The Morgan fingerprint density at radius 2 is 1.33 bits per heavy atom. The molecular weight excluding hydrogens is 539 g/mol. The van der Waals surface area contributed by atoms with Gasteiger partial charge in [0.1, 0.15) is 11.1 Å². The fraction of sp³-hybridized carbons (Fsp3) is 0.483. The van der Waals surface area contributed by atoms with E-state index in [0.717, 1.165) is 24.1 Å². The van der Waals surface area contributed by atoms with Crippen molar-refractivity contribution < 1.29 is 19.1 Å². The summed E-state index contributed by atoms with van der Waals surface area (Å²) in [7, 11) is 0. The summed E-state index contributed by atoms with van der Waals surface area (Å²) in [6.45, 7) is 11.5. The molecule has 0 saturated carbocycles. The lowest BCUT2D eigenvalue weighted by Crippen LogP contribution is -2.67. The maximum absolute atomic E-state index is 12.5. The lowest BCUT2D eigenvalue weighted by molar-refractivity contribution is -0.140. The van der Waals surface area contributed by atoms with Gasteiger partial charge in [0.25, 0.3) is 0 Å². The Kier molecular flexibility index (Phi) is 9.91. The zero-order chi connectivity index (χ0) is 28.8. The number of hydrogen-bond acceptors (Lipinski definition) is 5. The number of rotatable bonds is 6. The molecule has 3 amide bonds. The average molecular weight is 578 g/mol. The minimum Gasteiger partial charge on any atom is -0.444 e. The Hall–Kier alpha value is -2.81. The molecule has 0 radical (unpaired) electrons. The summed E-state index contributed by atoms with van der Waals surface area (Å²) >= 11 is 11.6. The molecule has 2 heterocycles. The van der Waals surface area contributed by atoms with Crippen LogP contribution in [0, 0.1) is 0 Å². The first-order valence-electron chi connectivity index (χ1n) is 13.0. The Morgan fingerprint density at radius 3 is 1.69 bits per heavy atom. The lowest BCUT2D eigenvalue weighted by atomic mass is 9.86. The third-order valence-electron chi connectivity index (χ3n) is 6.89. The van der Waals surface area contributed by atoms with Crippen LogP contribution in [0.4, 0.5) is 4.79 Å². The minimum absolute atomic E-state index is 0.0636. The van der Waals surface area contributed by atoms with E-state index in [1.165, 1.54) is 4.90 Å². The highest BCUT2D eigenvalue weighted by molar-refractivity contribution is 6.30. The summed E-state index contributed by atoms with van der Waals surface area (Å²) in [5, 5.41) is 10.3. The molecule has 4 rings (SSSR count). The maximum atomic E-state index is 12.5. The first-order chi connectivity index (χ1) is 18.2. The third-order valence-corrected chi connectivity index (χ3v) is 7.40. The Morgan fingerprint density at radius 1 is 0.872 bits per heavy atom. The van der Waals surface area contributed by atoms with Gasteiger partial charge >= 0.3 is 6.09 Å². The number of carbonyl (C=O) groups excluding carboxylic acids is 3. The molecular formula is C29H38Cl2N4O4. The summed E-state index contributed by atoms with van der Waals surface area (Å²) in [5.41, 5.74) is 0.212. The van der Waals surface area contributed by atoms with Gasteiger partial charge in [0.2, 0.25) is 11.8 Å². The molecule has 0 spiro atoms. The predicted molar refractivity (Wildman–Crippen MR) is 154 cm³/mol. The van der Waals surface area contributed by atoms with Crippen LogP contribution in [0.5, 0.6) is 0 Å². The van der Waals surface area contributed by atoms with Gasteiger partial charge in [-0.1, -0.05) is 47.5 Å². The predicted octanol–water partition coefficient (Wildman–Crippen LogP) is 5.06. The standard InChI is InChI=1S/C17H23ClN2O3.C12H15ClN2O/c1-16(2,3)23-15(22)20-10-9-17(20,4)14(21)19-11-12-5-7-13(18)8-6-12;1-12(6-7-15-12)11(16)14-8-9-2-4-10(13)5-3-9/h5-8H,9-11H2,1-4H3,(H,19,21);2-5,15H,6-8H2,1H3,(H,14,16). The number of halogens is 2. The van der Waals surface area contributed by atoms with Gasteiger partial charge in [0.15, 0.2) is 0 Å². The van der Waals surface area contributed by atoms with Crippen LogP contribution in [0.2, 0.25) is 10.0 Å². The normalized spacial score (nSPS) is 21.9. The minimum atomic E-state index is -0.852. The van der Waals surface area contributed by atoms with E-state index >= 15 is 0 Å². The van der Waals surface area contributed by atoms with Crippen molar-refractivity contribution in [2.24, 2.45) is 0 Å². The summed E-state index contributed by atoms with van der Waals surface area (Å²) in [4.78, 5) is 37.9. The van der Waals surface area contributed by atoms with Gasteiger partial charge in [0.05, 0.1) is 5.54 Å². The third kappa shape index (κ3) is 8.34. The Labute approximate surface area is 240 Å². The monoisotopic (exact) mass is 576 g/mol. The van der Waals surface area contributed by atoms with Crippen molar-refractivity contribution in [3.63, 3.8) is 0 Å². The number of ether oxygens (including phenoxy) is 1. The Bertz CT molecular complexity index is 1160. The quantitative estimate of drug-likeness (QED) is 0.446. The van der Waals surface area contributed by atoms with E-state index in [4.69, 9.17) is 27.9 Å². The summed E-state index contributed by atoms with van der Waals surface area (Å²) in [6, 6.07) is 14.8. The summed E-state index contributed by atoms with van der Waals surface area (Å²) in [6.07, 6.45) is 1.07. The molecule has 2 aliphatic heterocycles. The van der Waals surface area contributed by atoms with E-state index in [0.29, 0.717) is 36.1 Å². The number of carbonyl (C=O) groups is 3. The molecule has 0 aromatic heterocycles. The van der Waals surface area contributed by atoms with Gasteiger partial charge in [-0.2, -0.15) is 0 Å². The second-order valence-corrected chi connectivity index (χ2v) is 12.2. The molecule has 2 fully saturated rings. The van der Waals surface area contributed by atoms with Crippen LogP contribution in [0.15, 0.2) is 48.5 Å². The largest absolute Gasteiger partial charge is 0.444 e. The molecule has 0 aliphatic carbocycles. The van der Waals surface area contributed by atoms with E-state index in [2.05, 4.69) is 16.0 Å². The van der Waals surface area contributed by atoms with Gasteiger partial charge in [-0.05, 0) is 89.4 Å². The number of likely N-dealkylation sites (tertiary alicyclic amines) is 1. The molecule has 2 unspecified atom stereocenters. The van der Waals surface area contributed by atoms with Crippen LogP contribution in [0.25, 0.3) is 0 Å². The molecule has 2 atom stereocenters. The zero-order valence-corrected chi connectivity index (χ0v) is 24.7. The molecule has 212 valence electrons. The molecule has 2 aromatic rings. The smallest absolute Gasteiger partial charge is 0.411 e. The fourth-order valence-electron chi connectivity index (χ4n) is 4.05. The van der Waals surface area contributed by atoms with Crippen molar-refractivity contribution in [1.82, 2.24) is 20.9 Å². The topological polar surface area (TPSA) is 99.8 Å². The van der Waals surface area contributed by atoms with Crippen molar-refractivity contribution in [1.29, 1.82) is 0 Å². The van der Waals surface area contributed by atoms with E-state index in [9.17, 15) is 14.4 Å². The molecule has 3 N–H and O–H groups in total. The molecule has 10 heteroatoms. The SMILES string of the molecule is CC(C)(C)OC(=O)N1CCC1(C)C(=O)NCc1ccc(Cl)cc1.CC1(C(=O)NCc2ccc(Cl)cc2)CCN1. The highest BCUT2D eigenvalue weighted by atomic mass is 35.5. The maximum Gasteiger partial charge on any atom is 0.411 e. The number of nitrogens with zero attached hydrogens (tertiary/aromatic N) is 1. The molecule has 2 aliphatic rings. The van der Waals surface area contributed by atoms with Crippen molar-refractivity contribution in [2.45, 2.75) is 77.2 Å². The first kappa shape index (κ1) is 30.7. The van der Waals surface area contributed by atoms with Crippen LogP contribution in [-0.4, -0.2) is 52.6 Å². The second kappa shape index (κ2) is 12.6. The lowest BCUT2D eigenvalue weighted by Gasteiger charge is -2.48. The second-order valence-electron chi connectivity index (χ2n) is 11.3. The molecule has 2 aromatic carbocycles. The van der Waals surface area contributed by atoms with Crippen LogP contribution in [-0.2, 0) is 27.4 Å². The van der Waals surface area contributed by atoms with E-state index < -0.39 is 17.2 Å². The highest BCUT2D eigenvalue weighted by Crippen LogP contribution is 2.32. The van der Waals surface area contributed by atoms with E-state index in [1.807, 2.05) is 64.1 Å². The molecule has 2 saturated heterocycles. The summed E-state index contributed by atoms with van der Waals surface area (Å²) < 4.78 is 5.36. The number of hydrogen-bond donors (Lipinski definition) is 3. The number of amides is 3. The van der Waals surface area contributed by atoms with Gasteiger partial charge in [0, 0.05) is 29.7 Å². The van der Waals surface area contributed by atoms with Gasteiger partial charge < -0.3 is 20.7 Å². The Balaban J connectivity index is 0.000000230. The van der Waals surface area contributed by atoms with Crippen LogP contribution in [0.1, 0.15) is 58.6 Å². The average Bonchev–Trinajstić information content (AvgIpc) is 2.84.